The lowest BCUT2D eigenvalue weighted by Crippen LogP contribution is -2.19. The van der Waals surface area contributed by atoms with Crippen LogP contribution in [0.3, 0.4) is 0 Å². The molecule has 1 atom stereocenters. The number of hydrogen-bond acceptors (Lipinski definition) is 1. The smallest absolute Gasteiger partial charge is 0.217 e. The molecule has 0 aliphatic carbocycles. The standard InChI is InChI=1S/C16H16Cl2OS/c1-12-3-7-14(8-4-12)11-20(19)16(17,18)15-9-5-13(2)6-10-15/h3-10H,11H2,1-2H3. The van der Waals surface area contributed by atoms with E-state index >= 15 is 0 Å². The van der Waals surface area contributed by atoms with Crippen LogP contribution in [0.4, 0.5) is 0 Å². The minimum Gasteiger partial charge on any atom is -0.256 e. The van der Waals surface area contributed by atoms with E-state index in [1.807, 2.05) is 62.4 Å². The van der Waals surface area contributed by atoms with Crippen LogP contribution in [0.15, 0.2) is 48.5 Å². The summed E-state index contributed by atoms with van der Waals surface area (Å²) in [6, 6.07) is 15.4. The number of hydrogen-bond donors (Lipinski definition) is 0. The van der Waals surface area contributed by atoms with Gasteiger partial charge in [0.15, 0.2) is 0 Å². The molecule has 0 heterocycles. The lowest BCUT2D eigenvalue weighted by atomic mass is 10.2. The van der Waals surface area contributed by atoms with Crippen molar-refractivity contribution in [1.29, 1.82) is 0 Å². The Morgan fingerprint density at radius 1 is 0.900 bits per heavy atom. The van der Waals surface area contributed by atoms with Crippen molar-refractivity contribution < 1.29 is 4.21 Å². The molecule has 4 heteroatoms. The molecule has 0 saturated carbocycles. The molecule has 2 rings (SSSR count). The van der Waals surface area contributed by atoms with Crippen LogP contribution in [0, 0.1) is 13.8 Å². The average molecular weight is 327 g/mol. The van der Waals surface area contributed by atoms with E-state index in [4.69, 9.17) is 23.2 Å². The first-order valence-corrected chi connectivity index (χ1v) is 8.36. The summed E-state index contributed by atoms with van der Waals surface area (Å²) in [7, 11) is -1.41. The fourth-order valence-electron chi connectivity index (χ4n) is 1.81. The summed E-state index contributed by atoms with van der Waals surface area (Å²) >= 11 is 12.6. The first-order chi connectivity index (χ1) is 9.39. The topological polar surface area (TPSA) is 17.1 Å². The molecular weight excluding hydrogens is 311 g/mol. The van der Waals surface area contributed by atoms with Gasteiger partial charge in [0.25, 0.3) is 0 Å². The molecule has 0 aliphatic heterocycles. The number of halogens is 2. The predicted molar refractivity (Wildman–Crippen MR) is 87.6 cm³/mol. The largest absolute Gasteiger partial charge is 0.256 e. The maximum Gasteiger partial charge on any atom is 0.217 e. The molecule has 0 aliphatic rings. The van der Waals surface area contributed by atoms with E-state index in [9.17, 15) is 4.21 Å². The van der Waals surface area contributed by atoms with Crippen molar-refractivity contribution >= 4 is 34.0 Å². The number of alkyl halides is 2. The Morgan fingerprint density at radius 2 is 1.35 bits per heavy atom. The van der Waals surface area contributed by atoms with E-state index in [1.165, 1.54) is 5.56 Å². The van der Waals surface area contributed by atoms with Crippen molar-refractivity contribution in [1.82, 2.24) is 0 Å². The Morgan fingerprint density at radius 3 is 1.85 bits per heavy atom. The van der Waals surface area contributed by atoms with Crippen molar-refractivity contribution in [2.24, 2.45) is 0 Å². The quantitative estimate of drug-likeness (QED) is 0.734. The zero-order valence-electron chi connectivity index (χ0n) is 11.4. The van der Waals surface area contributed by atoms with Crippen molar-refractivity contribution in [3.63, 3.8) is 0 Å². The van der Waals surface area contributed by atoms with Gasteiger partial charge < -0.3 is 0 Å². The zero-order chi connectivity index (χ0) is 14.8. The van der Waals surface area contributed by atoms with Crippen LogP contribution in [0.2, 0.25) is 0 Å². The van der Waals surface area contributed by atoms with E-state index in [0.29, 0.717) is 11.3 Å². The molecule has 0 spiro atoms. The third-order valence-electron chi connectivity index (χ3n) is 3.09. The maximum atomic E-state index is 12.5. The minimum absolute atomic E-state index is 0.334. The molecular formula is C16H16Cl2OS. The summed E-state index contributed by atoms with van der Waals surface area (Å²) in [5, 5.41) is 0. The van der Waals surface area contributed by atoms with E-state index in [0.717, 1.165) is 11.1 Å². The van der Waals surface area contributed by atoms with E-state index in [2.05, 4.69) is 0 Å². The average Bonchev–Trinajstić information content (AvgIpc) is 2.42. The van der Waals surface area contributed by atoms with Gasteiger partial charge in [0.05, 0.1) is 16.6 Å². The molecule has 20 heavy (non-hydrogen) atoms. The monoisotopic (exact) mass is 326 g/mol. The van der Waals surface area contributed by atoms with Crippen LogP contribution >= 0.6 is 23.2 Å². The molecule has 0 aromatic heterocycles. The highest BCUT2D eigenvalue weighted by atomic mass is 35.5. The van der Waals surface area contributed by atoms with Gasteiger partial charge >= 0.3 is 0 Å². The van der Waals surface area contributed by atoms with Gasteiger partial charge in [-0.2, -0.15) is 0 Å². The Kier molecular flexibility index (Phi) is 4.90. The first-order valence-electron chi connectivity index (χ1n) is 6.28. The minimum atomic E-state index is -1.41. The highest BCUT2D eigenvalue weighted by Gasteiger charge is 2.33. The van der Waals surface area contributed by atoms with Crippen LogP contribution in [0.25, 0.3) is 0 Å². The SMILES string of the molecule is Cc1ccc(CS(=O)C(Cl)(Cl)c2ccc(C)cc2)cc1. The van der Waals surface area contributed by atoms with Gasteiger partial charge in [-0.3, -0.25) is 4.21 Å². The Labute approximate surface area is 132 Å². The number of aryl methyl sites for hydroxylation is 2. The Bertz CT molecular complexity index is 603. The molecule has 0 amide bonds. The molecule has 0 N–H and O–H groups in total. The summed E-state index contributed by atoms with van der Waals surface area (Å²) in [5.41, 5.74) is 3.91. The summed E-state index contributed by atoms with van der Waals surface area (Å²) in [6.45, 7) is 4.00. The number of benzene rings is 2. The van der Waals surface area contributed by atoms with Gasteiger partial charge in [-0.25, -0.2) is 0 Å². The molecule has 0 bridgehead atoms. The van der Waals surface area contributed by atoms with Gasteiger partial charge in [0.1, 0.15) is 0 Å². The normalized spacial score (nSPS) is 13.2. The van der Waals surface area contributed by atoms with Crippen LogP contribution in [0.1, 0.15) is 22.3 Å². The predicted octanol–water partition coefficient (Wildman–Crippen LogP) is 4.84. The van der Waals surface area contributed by atoms with Crippen LogP contribution in [-0.4, -0.2) is 4.21 Å². The van der Waals surface area contributed by atoms with Gasteiger partial charge in [-0.1, -0.05) is 82.9 Å². The van der Waals surface area contributed by atoms with Crippen LogP contribution < -0.4 is 0 Å². The zero-order valence-corrected chi connectivity index (χ0v) is 13.7. The molecule has 0 fully saturated rings. The van der Waals surface area contributed by atoms with Gasteiger partial charge in [0, 0.05) is 5.56 Å². The molecule has 2 aromatic carbocycles. The highest BCUT2D eigenvalue weighted by molar-refractivity contribution is 7.88. The van der Waals surface area contributed by atoms with Crippen LogP contribution in [0.5, 0.6) is 0 Å². The van der Waals surface area contributed by atoms with Crippen LogP contribution in [-0.2, 0) is 20.2 Å². The second-order valence-electron chi connectivity index (χ2n) is 4.86. The van der Waals surface area contributed by atoms with Gasteiger partial charge in [-0.15, -0.1) is 0 Å². The summed E-state index contributed by atoms with van der Waals surface area (Å²) in [4.78, 5) is 0. The molecule has 1 nitrogen and oxygen atoms in total. The molecule has 0 saturated heterocycles. The highest BCUT2D eigenvalue weighted by Crippen LogP contribution is 2.38. The maximum absolute atomic E-state index is 12.5. The van der Waals surface area contributed by atoms with Gasteiger partial charge in [-0.05, 0) is 19.4 Å². The third kappa shape index (κ3) is 3.63. The Hall–Kier alpha value is -0.830. The fraction of sp³-hybridized carbons (Fsp3) is 0.250. The first kappa shape index (κ1) is 15.6. The molecule has 106 valence electrons. The lowest BCUT2D eigenvalue weighted by molar-refractivity contribution is 0.678. The second kappa shape index (κ2) is 6.30. The Balaban J connectivity index is 2.18. The third-order valence-corrected chi connectivity index (χ3v) is 5.96. The molecule has 1 unspecified atom stereocenters. The summed E-state index contributed by atoms with van der Waals surface area (Å²) < 4.78 is 11.1. The van der Waals surface area contributed by atoms with E-state index < -0.39 is 14.5 Å². The van der Waals surface area contributed by atoms with Crippen molar-refractivity contribution in [3.8, 4) is 0 Å². The van der Waals surface area contributed by atoms with Crippen molar-refractivity contribution in [2.75, 3.05) is 0 Å². The molecule has 2 aromatic rings. The van der Waals surface area contributed by atoms with Crippen molar-refractivity contribution in [2.45, 2.75) is 23.3 Å². The number of rotatable bonds is 4. The van der Waals surface area contributed by atoms with Gasteiger partial charge in [0.2, 0.25) is 3.67 Å². The van der Waals surface area contributed by atoms with E-state index in [-0.39, 0.29) is 0 Å². The summed E-state index contributed by atoms with van der Waals surface area (Å²) in [6.07, 6.45) is 0. The summed E-state index contributed by atoms with van der Waals surface area (Å²) in [5.74, 6) is 0.334. The van der Waals surface area contributed by atoms with E-state index in [1.54, 1.807) is 0 Å². The fourth-order valence-corrected chi connectivity index (χ4v) is 3.46. The lowest BCUT2D eigenvalue weighted by Gasteiger charge is -2.19. The van der Waals surface area contributed by atoms with Crippen molar-refractivity contribution in [3.05, 3.63) is 70.8 Å². The molecule has 0 radical (unpaired) electrons. The second-order valence-corrected chi connectivity index (χ2v) is 8.23.